The molecule has 63 heavy (non-hydrogen) atoms. The number of aryl methyl sites for hydroxylation is 1. The van der Waals surface area contributed by atoms with Gasteiger partial charge in [-0.05, 0) is 98.4 Å². The van der Waals surface area contributed by atoms with E-state index in [1.54, 1.807) is 17.5 Å². The number of rotatable bonds is 13. The molecule has 3 aromatic carbocycles. The summed E-state index contributed by atoms with van der Waals surface area (Å²) in [5, 5.41) is 17.7. The fraction of sp³-hybridized carbons (Fsp3) is 0.413. The van der Waals surface area contributed by atoms with E-state index in [0.29, 0.717) is 41.6 Å². The first-order valence-electron chi connectivity index (χ1n) is 21.6. The maximum absolute atomic E-state index is 14.4. The largest absolute Gasteiger partial charge is 0.508 e. The number of benzene rings is 3. The first-order chi connectivity index (χ1) is 30.5. The van der Waals surface area contributed by atoms with Crippen LogP contribution in [0.1, 0.15) is 98.8 Å². The molecule has 0 saturated carbocycles. The number of carbonyl (C=O) groups excluding carboxylic acids is 6. The van der Waals surface area contributed by atoms with Crippen LogP contribution in [-0.4, -0.2) is 112 Å². The van der Waals surface area contributed by atoms with Gasteiger partial charge >= 0.3 is 0 Å². The Hall–Kier alpha value is -6.04. The third-order valence-corrected chi connectivity index (χ3v) is 13.6. The summed E-state index contributed by atoms with van der Waals surface area (Å²) in [6.45, 7) is 5.23. The van der Waals surface area contributed by atoms with E-state index in [9.17, 15) is 38.3 Å². The van der Waals surface area contributed by atoms with Gasteiger partial charge in [0.2, 0.25) is 11.8 Å². The Balaban J connectivity index is 0.727. The lowest BCUT2D eigenvalue weighted by atomic mass is 9.94. The summed E-state index contributed by atoms with van der Waals surface area (Å²) < 4.78 is 20.8. The van der Waals surface area contributed by atoms with Gasteiger partial charge in [0.25, 0.3) is 23.6 Å². The van der Waals surface area contributed by atoms with Crippen LogP contribution in [0, 0.1) is 11.7 Å². The number of hydrogen-bond acceptors (Lipinski definition) is 12. The van der Waals surface area contributed by atoms with E-state index in [2.05, 4.69) is 25.4 Å². The van der Waals surface area contributed by atoms with Crippen LogP contribution in [0.3, 0.4) is 0 Å². The smallest absolute Gasteiger partial charge is 0.262 e. The van der Waals surface area contributed by atoms with Crippen molar-refractivity contribution in [1.29, 1.82) is 0 Å². The lowest BCUT2D eigenvalue weighted by molar-refractivity contribution is -0.136. The second-order valence-electron chi connectivity index (χ2n) is 16.9. The summed E-state index contributed by atoms with van der Waals surface area (Å²) in [6.07, 6.45) is 7.06. The SMILES string of the molecule is O=C1CCC(N2C(=O)c3ccc(N4CCC(CN5CCC(OCCCc6cccc7c6C(=O)N(C(C(=O)Nc6nccs6)c6cc(F)ccc6O)C7)CC5)CC4)cc3C2=O)C(=O)N1. The second-order valence-corrected chi connectivity index (χ2v) is 17.8. The molecule has 0 spiro atoms. The van der Waals surface area contributed by atoms with Gasteiger partial charge in [0.15, 0.2) is 5.13 Å². The summed E-state index contributed by atoms with van der Waals surface area (Å²) in [7, 11) is 0. The number of carbonyl (C=O) groups is 6. The molecule has 5 aliphatic heterocycles. The molecule has 6 amide bonds. The van der Waals surface area contributed by atoms with Gasteiger partial charge < -0.3 is 24.5 Å². The third kappa shape index (κ3) is 8.69. The number of hydrogen-bond donors (Lipinski definition) is 3. The van der Waals surface area contributed by atoms with E-state index in [-0.39, 0.29) is 48.3 Å². The number of aromatic hydroxyl groups is 1. The van der Waals surface area contributed by atoms with Crippen LogP contribution >= 0.6 is 11.3 Å². The Kier molecular flexibility index (Phi) is 12.1. The molecule has 1 aromatic heterocycles. The highest BCUT2D eigenvalue weighted by Gasteiger charge is 2.45. The van der Waals surface area contributed by atoms with Crippen LogP contribution in [0.15, 0.2) is 66.2 Å². The van der Waals surface area contributed by atoms with Gasteiger partial charge in [-0.1, -0.05) is 18.2 Å². The minimum absolute atomic E-state index is 0.00802. The van der Waals surface area contributed by atoms with Crippen molar-refractivity contribution in [1.82, 2.24) is 25.0 Å². The molecule has 3 fully saturated rings. The molecule has 4 aromatic rings. The van der Waals surface area contributed by atoms with E-state index in [4.69, 9.17) is 4.74 Å². The average Bonchev–Trinajstić information content (AvgIpc) is 3.98. The number of imide groups is 2. The van der Waals surface area contributed by atoms with Crippen molar-refractivity contribution in [2.45, 2.75) is 76.1 Å². The zero-order valence-electron chi connectivity index (χ0n) is 34.6. The lowest BCUT2D eigenvalue weighted by Gasteiger charge is -2.38. The molecule has 2 unspecified atom stereocenters. The molecule has 0 aliphatic carbocycles. The number of likely N-dealkylation sites (tertiary alicyclic amines) is 1. The first kappa shape index (κ1) is 42.3. The van der Waals surface area contributed by atoms with Crippen molar-refractivity contribution in [3.8, 4) is 5.75 Å². The Labute approximate surface area is 367 Å². The van der Waals surface area contributed by atoms with Gasteiger partial charge in [0, 0.05) is 80.7 Å². The number of ether oxygens (including phenoxy) is 1. The van der Waals surface area contributed by atoms with Crippen LogP contribution in [-0.2, 0) is 32.1 Å². The van der Waals surface area contributed by atoms with Gasteiger partial charge in [0.05, 0.1) is 17.2 Å². The lowest BCUT2D eigenvalue weighted by Crippen LogP contribution is -2.54. The molecular formula is C46H48FN7O8S. The van der Waals surface area contributed by atoms with Crippen molar-refractivity contribution < 1.29 is 43.0 Å². The molecule has 328 valence electrons. The van der Waals surface area contributed by atoms with E-state index in [0.717, 1.165) is 92.3 Å². The Bertz CT molecular complexity index is 2450. The van der Waals surface area contributed by atoms with Crippen LogP contribution in [0.25, 0.3) is 0 Å². The summed E-state index contributed by atoms with van der Waals surface area (Å²) >= 11 is 1.21. The molecule has 0 bridgehead atoms. The Morgan fingerprint density at radius 2 is 1.73 bits per heavy atom. The molecule has 3 N–H and O–H groups in total. The number of amides is 6. The fourth-order valence-electron chi connectivity index (χ4n) is 9.70. The number of piperidine rings is 3. The van der Waals surface area contributed by atoms with Crippen molar-refractivity contribution in [2.24, 2.45) is 5.92 Å². The molecule has 5 aliphatic rings. The van der Waals surface area contributed by atoms with E-state index >= 15 is 0 Å². The Morgan fingerprint density at radius 3 is 2.49 bits per heavy atom. The maximum atomic E-state index is 14.4. The van der Waals surface area contributed by atoms with Crippen molar-refractivity contribution in [2.75, 3.05) is 49.5 Å². The minimum Gasteiger partial charge on any atom is -0.508 e. The molecule has 0 radical (unpaired) electrons. The van der Waals surface area contributed by atoms with Crippen LogP contribution in [0.2, 0.25) is 0 Å². The normalized spacial score (nSPS) is 20.3. The summed E-state index contributed by atoms with van der Waals surface area (Å²) in [5.41, 5.74) is 3.59. The van der Waals surface area contributed by atoms with Gasteiger partial charge in [-0.3, -0.25) is 44.3 Å². The molecule has 2 atom stereocenters. The molecule has 15 nitrogen and oxygen atoms in total. The standard InChI is InChI=1S/C46H48FN7O8S/c47-30-6-10-37(55)35(23-30)40(42(58)50-46-48-16-22-63-46)53-26-29-4-1-3-28(39(29)45(53)61)5-2-21-62-32-14-17-51(18-15-32)25-27-12-19-52(20-13-27)31-7-8-33-34(24-31)44(60)54(43(33)59)36-9-11-38(56)49-41(36)57/h1,3-4,6-8,10,16,22-24,27,32,36,40,55H,2,5,9,11-15,17-21,25-26H2,(H,48,50,58)(H,49,56,57). The molecule has 3 saturated heterocycles. The minimum atomic E-state index is -1.29. The summed E-state index contributed by atoms with van der Waals surface area (Å²) in [6, 6.07) is 12.1. The highest BCUT2D eigenvalue weighted by Crippen LogP contribution is 2.38. The van der Waals surface area contributed by atoms with Crippen molar-refractivity contribution in [3.05, 3.63) is 105 Å². The monoisotopic (exact) mass is 877 g/mol. The quantitative estimate of drug-likeness (QED) is 0.121. The van der Waals surface area contributed by atoms with Crippen molar-refractivity contribution >= 4 is 57.6 Å². The van der Waals surface area contributed by atoms with Crippen molar-refractivity contribution in [3.63, 3.8) is 0 Å². The number of nitrogens with zero attached hydrogens (tertiary/aromatic N) is 5. The number of nitrogens with one attached hydrogen (secondary N) is 2. The Morgan fingerprint density at radius 1 is 0.937 bits per heavy atom. The number of fused-ring (bicyclic) bond motifs is 2. The predicted octanol–water partition coefficient (Wildman–Crippen LogP) is 5.06. The van der Waals surface area contributed by atoms with Crippen LogP contribution in [0.4, 0.5) is 15.2 Å². The summed E-state index contributed by atoms with van der Waals surface area (Å²) in [5.74, 6) is -3.37. The number of halogens is 1. The molecule has 9 rings (SSSR count). The number of aromatic nitrogens is 1. The van der Waals surface area contributed by atoms with Gasteiger partial charge in [-0.15, -0.1) is 11.3 Å². The topological polar surface area (TPSA) is 182 Å². The summed E-state index contributed by atoms with van der Waals surface area (Å²) in [4.78, 5) is 89.6. The van der Waals surface area contributed by atoms with Gasteiger partial charge in [0.1, 0.15) is 23.7 Å². The van der Waals surface area contributed by atoms with Crippen LogP contribution in [0.5, 0.6) is 5.75 Å². The number of phenols is 1. The molecule has 6 heterocycles. The second kappa shape index (κ2) is 18.0. The van der Waals surface area contributed by atoms with E-state index < -0.39 is 47.4 Å². The predicted molar refractivity (Wildman–Crippen MR) is 230 cm³/mol. The van der Waals surface area contributed by atoms with Gasteiger partial charge in [-0.25, -0.2) is 9.37 Å². The van der Waals surface area contributed by atoms with Crippen LogP contribution < -0.4 is 15.5 Å². The average molecular weight is 878 g/mol. The molecular weight excluding hydrogens is 830 g/mol. The highest BCUT2D eigenvalue weighted by molar-refractivity contribution is 7.13. The van der Waals surface area contributed by atoms with E-state index in [1.807, 2.05) is 24.3 Å². The number of thiazole rings is 1. The molecule has 17 heteroatoms. The zero-order chi connectivity index (χ0) is 43.8. The maximum Gasteiger partial charge on any atom is 0.262 e. The fourth-order valence-corrected chi connectivity index (χ4v) is 10.2. The number of anilines is 2. The van der Waals surface area contributed by atoms with Gasteiger partial charge in [-0.2, -0.15) is 0 Å². The van der Waals surface area contributed by atoms with E-state index in [1.165, 1.54) is 28.5 Å². The first-order valence-corrected chi connectivity index (χ1v) is 22.5. The number of phenolic OH excluding ortho intramolecular Hbond substituents is 1. The third-order valence-electron chi connectivity index (χ3n) is 13.0. The zero-order valence-corrected chi connectivity index (χ0v) is 35.4. The highest BCUT2D eigenvalue weighted by atomic mass is 32.1.